The van der Waals surface area contributed by atoms with Crippen molar-refractivity contribution < 1.29 is 9.90 Å². The van der Waals surface area contributed by atoms with Crippen LogP contribution in [0.15, 0.2) is 30.3 Å². The number of fused-ring (bicyclic) bond motifs is 1. The Labute approximate surface area is 132 Å². The topological polar surface area (TPSA) is 49.3 Å². The monoisotopic (exact) mass is 321 g/mol. The van der Waals surface area contributed by atoms with Crippen molar-refractivity contribution in [1.82, 2.24) is 0 Å². The van der Waals surface area contributed by atoms with Crippen LogP contribution in [0.5, 0.6) is 0 Å². The molecule has 0 aromatic heterocycles. The Kier molecular flexibility index (Phi) is 3.66. The van der Waals surface area contributed by atoms with Crippen LogP contribution in [0.3, 0.4) is 0 Å². The lowest BCUT2D eigenvalue weighted by Crippen LogP contribution is -2.03. The number of nitrogens with one attached hydrogen (secondary N) is 1. The Morgan fingerprint density at radius 2 is 1.95 bits per heavy atom. The van der Waals surface area contributed by atoms with Gasteiger partial charge < -0.3 is 10.4 Å². The van der Waals surface area contributed by atoms with Gasteiger partial charge in [-0.25, -0.2) is 0 Å². The summed E-state index contributed by atoms with van der Waals surface area (Å²) in [4.78, 5) is 11.4. The number of carbonyl (C=O) groups is 1. The van der Waals surface area contributed by atoms with Gasteiger partial charge in [0.2, 0.25) is 5.91 Å². The minimum absolute atomic E-state index is 0.0638. The van der Waals surface area contributed by atoms with Crippen molar-refractivity contribution in [2.45, 2.75) is 19.4 Å². The number of aliphatic hydroxyl groups excluding tert-OH is 1. The molecule has 3 rings (SSSR count). The summed E-state index contributed by atoms with van der Waals surface area (Å²) in [6.45, 7) is 1.90. The highest BCUT2D eigenvalue weighted by molar-refractivity contribution is 6.32. The number of aryl methyl sites for hydroxylation is 1. The van der Waals surface area contributed by atoms with Crippen molar-refractivity contribution in [2.24, 2.45) is 0 Å². The van der Waals surface area contributed by atoms with E-state index in [-0.39, 0.29) is 5.91 Å². The van der Waals surface area contributed by atoms with Crippen LogP contribution in [-0.4, -0.2) is 11.0 Å². The van der Waals surface area contributed by atoms with Crippen molar-refractivity contribution in [2.75, 3.05) is 5.32 Å². The molecule has 0 saturated carbocycles. The molecular formula is C16H13Cl2NO2. The molecule has 0 saturated heterocycles. The lowest BCUT2D eigenvalue weighted by atomic mass is 9.98. The zero-order valence-corrected chi connectivity index (χ0v) is 12.8. The molecule has 108 valence electrons. The minimum atomic E-state index is -0.878. The van der Waals surface area contributed by atoms with E-state index in [0.29, 0.717) is 33.3 Å². The van der Waals surface area contributed by atoms with E-state index in [2.05, 4.69) is 5.32 Å². The predicted molar refractivity (Wildman–Crippen MR) is 84.0 cm³/mol. The largest absolute Gasteiger partial charge is 0.384 e. The van der Waals surface area contributed by atoms with Crippen LogP contribution in [0.25, 0.3) is 0 Å². The number of carbonyl (C=O) groups excluding carboxylic acids is 1. The first-order valence-electron chi connectivity index (χ1n) is 6.52. The average Bonchev–Trinajstić information content (AvgIpc) is 2.79. The lowest BCUT2D eigenvalue weighted by Gasteiger charge is -2.15. The van der Waals surface area contributed by atoms with Crippen LogP contribution in [0.2, 0.25) is 10.0 Å². The van der Waals surface area contributed by atoms with Crippen LogP contribution < -0.4 is 5.32 Å². The van der Waals surface area contributed by atoms with Gasteiger partial charge in [-0.2, -0.15) is 0 Å². The molecule has 1 aliphatic heterocycles. The zero-order valence-electron chi connectivity index (χ0n) is 11.3. The van der Waals surface area contributed by atoms with Crippen molar-refractivity contribution in [1.29, 1.82) is 0 Å². The summed E-state index contributed by atoms with van der Waals surface area (Å²) in [5, 5.41) is 14.3. The normalized spacial score (nSPS) is 14.8. The first-order valence-corrected chi connectivity index (χ1v) is 7.27. The molecule has 3 nitrogen and oxygen atoms in total. The molecule has 21 heavy (non-hydrogen) atoms. The second kappa shape index (κ2) is 5.34. The van der Waals surface area contributed by atoms with Crippen molar-refractivity contribution in [3.05, 3.63) is 62.6 Å². The number of anilines is 1. The Hall–Kier alpha value is -1.55. The summed E-state index contributed by atoms with van der Waals surface area (Å²) in [5.74, 6) is -0.0638. The number of amides is 1. The molecule has 1 atom stereocenters. The predicted octanol–water partition coefficient (Wildman–Crippen LogP) is 3.88. The summed E-state index contributed by atoms with van der Waals surface area (Å²) in [6, 6.07) is 8.85. The standard InChI is InChI=1S/C16H13Cl2NO2/c1-8-2-3-9(5-12(8)17)16(21)11-4-10-6-15(20)19-14(10)7-13(11)18/h2-5,7,16,21H,6H2,1H3,(H,19,20). The van der Waals surface area contributed by atoms with Gasteiger partial charge >= 0.3 is 0 Å². The summed E-state index contributed by atoms with van der Waals surface area (Å²) in [7, 11) is 0. The van der Waals surface area contributed by atoms with Crippen molar-refractivity contribution >= 4 is 34.8 Å². The molecular weight excluding hydrogens is 309 g/mol. The molecule has 1 unspecified atom stereocenters. The fourth-order valence-electron chi connectivity index (χ4n) is 2.44. The van der Waals surface area contributed by atoms with Gasteiger partial charge in [0.1, 0.15) is 6.10 Å². The van der Waals surface area contributed by atoms with Crippen LogP contribution >= 0.6 is 23.2 Å². The van der Waals surface area contributed by atoms with Crippen LogP contribution in [0.1, 0.15) is 28.4 Å². The van der Waals surface area contributed by atoms with E-state index < -0.39 is 6.10 Å². The van der Waals surface area contributed by atoms with Gasteiger partial charge in [-0.3, -0.25) is 4.79 Å². The fraction of sp³-hybridized carbons (Fsp3) is 0.188. The highest BCUT2D eigenvalue weighted by Crippen LogP contribution is 2.36. The second-order valence-corrected chi connectivity index (χ2v) is 5.98. The minimum Gasteiger partial charge on any atom is -0.384 e. The van der Waals surface area contributed by atoms with Gasteiger partial charge in [-0.15, -0.1) is 0 Å². The molecule has 2 N–H and O–H groups in total. The Bertz CT molecular complexity index is 743. The highest BCUT2D eigenvalue weighted by Gasteiger charge is 2.23. The Balaban J connectivity index is 2.02. The van der Waals surface area contributed by atoms with E-state index in [0.717, 1.165) is 11.1 Å². The van der Waals surface area contributed by atoms with Gasteiger partial charge in [0.25, 0.3) is 0 Å². The molecule has 1 aliphatic rings. The van der Waals surface area contributed by atoms with Gasteiger partial charge in [-0.1, -0.05) is 35.3 Å². The zero-order chi connectivity index (χ0) is 15.1. The maximum atomic E-state index is 11.4. The van der Waals surface area contributed by atoms with E-state index >= 15 is 0 Å². The third-order valence-electron chi connectivity index (χ3n) is 3.65. The summed E-state index contributed by atoms with van der Waals surface area (Å²) in [5.41, 5.74) is 3.75. The maximum Gasteiger partial charge on any atom is 0.228 e. The van der Waals surface area contributed by atoms with Gasteiger partial charge in [0, 0.05) is 21.3 Å². The van der Waals surface area contributed by atoms with Gasteiger partial charge in [0.15, 0.2) is 0 Å². The van der Waals surface area contributed by atoms with Crippen LogP contribution in [-0.2, 0) is 11.2 Å². The lowest BCUT2D eigenvalue weighted by molar-refractivity contribution is -0.115. The van der Waals surface area contributed by atoms with Crippen LogP contribution in [0, 0.1) is 6.92 Å². The third kappa shape index (κ3) is 2.64. The second-order valence-electron chi connectivity index (χ2n) is 5.17. The third-order valence-corrected chi connectivity index (χ3v) is 4.39. The van der Waals surface area contributed by atoms with E-state index in [1.54, 1.807) is 18.2 Å². The molecule has 0 fully saturated rings. The van der Waals surface area contributed by atoms with E-state index in [9.17, 15) is 9.90 Å². The Morgan fingerprint density at radius 3 is 2.67 bits per heavy atom. The quantitative estimate of drug-likeness (QED) is 0.881. The number of rotatable bonds is 2. The number of halogens is 2. The Morgan fingerprint density at radius 1 is 1.19 bits per heavy atom. The average molecular weight is 322 g/mol. The SMILES string of the molecule is Cc1ccc(C(O)c2cc3c(cc2Cl)NC(=O)C3)cc1Cl. The van der Waals surface area contributed by atoms with E-state index in [1.807, 2.05) is 19.1 Å². The fourth-order valence-corrected chi connectivity index (χ4v) is 2.89. The molecule has 2 aromatic rings. The molecule has 0 radical (unpaired) electrons. The first kappa shape index (κ1) is 14.4. The van der Waals surface area contributed by atoms with E-state index in [1.165, 1.54) is 0 Å². The molecule has 0 aliphatic carbocycles. The summed E-state index contributed by atoms with van der Waals surface area (Å²) >= 11 is 12.3. The summed E-state index contributed by atoms with van der Waals surface area (Å²) < 4.78 is 0. The van der Waals surface area contributed by atoms with Crippen molar-refractivity contribution in [3.63, 3.8) is 0 Å². The molecule has 2 aromatic carbocycles. The number of benzene rings is 2. The van der Waals surface area contributed by atoms with E-state index in [4.69, 9.17) is 23.2 Å². The first-order chi connectivity index (χ1) is 9.95. The molecule has 0 bridgehead atoms. The highest BCUT2D eigenvalue weighted by atomic mass is 35.5. The number of hydrogen-bond acceptors (Lipinski definition) is 2. The molecule has 5 heteroatoms. The molecule has 0 spiro atoms. The smallest absolute Gasteiger partial charge is 0.228 e. The maximum absolute atomic E-state index is 11.4. The van der Waals surface area contributed by atoms with Gasteiger partial charge in [-0.05, 0) is 41.8 Å². The molecule has 1 amide bonds. The number of hydrogen-bond donors (Lipinski definition) is 2. The summed E-state index contributed by atoms with van der Waals surface area (Å²) in [6.07, 6.45) is -0.572. The van der Waals surface area contributed by atoms with Gasteiger partial charge in [0.05, 0.1) is 6.42 Å². The van der Waals surface area contributed by atoms with Crippen LogP contribution in [0.4, 0.5) is 5.69 Å². The number of aliphatic hydroxyl groups is 1. The molecule has 1 heterocycles. The van der Waals surface area contributed by atoms with Crippen molar-refractivity contribution in [3.8, 4) is 0 Å².